The van der Waals surface area contributed by atoms with Crippen LogP contribution >= 0.6 is 11.6 Å². The summed E-state index contributed by atoms with van der Waals surface area (Å²) in [5, 5.41) is 3.28. The van der Waals surface area contributed by atoms with E-state index in [1.165, 1.54) is 10.6 Å². The Labute approximate surface area is 96.2 Å². The SMILES string of the molecule is O=c1cc(Cl)n(C[C@@H]2CNCCO2)c(=O)[nH]1. The van der Waals surface area contributed by atoms with Crippen LogP contribution in [-0.4, -0.2) is 35.4 Å². The molecule has 1 aromatic rings. The molecule has 0 bridgehead atoms. The zero-order valence-electron chi connectivity index (χ0n) is 8.53. The van der Waals surface area contributed by atoms with Crippen LogP contribution in [0.3, 0.4) is 0 Å². The molecule has 1 saturated heterocycles. The third-order valence-electron chi connectivity index (χ3n) is 2.37. The molecule has 1 fully saturated rings. The average molecular weight is 246 g/mol. The summed E-state index contributed by atoms with van der Waals surface area (Å²) in [5.74, 6) is 0. The standard InChI is InChI=1S/C9H12ClN3O3/c10-7-3-8(14)12-9(15)13(7)5-6-4-11-1-2-16-6/h3,6,11H,1-2,4-5H2,(H,12,14,15)/t6-/m0/s1. The van der Waals surface area contributed by atoms with Crippen molar-refractivity contribution in [3.05, 3.63) is 32.1 Å². The number of ether oxygens (including phenoxy) is 1. The molecule has 1 atom stereocenters. The summed E-state index contributed by atoms with van der Waals surface area (Å²) in [4.78, 5) is 24.6. The molecule has 16 heavy (non-hydrogen) atoms. The fourth-order valence-corrected chi connectivity index (χ4v) is 1.85. The maximum atomic E-state index is 11.5. The van der Waals surface area contributed by atoms with Gasteiger partial charge in [0.25, 0.3) is 5.56 Å². The van der Waals surface area contributed by atoms with Gasteiger partial charge in [0.05, 0.1) is 19.3 Å². The fourth-order valence-electron chi connectivity index (χ4n) is 1.60. The van der Waals surface area contributed by atoms with Gasteiger partial charge in [-0.1, -0.05) is 11.6 Å². The highest BCUT2D eigenvalue weighted by Gasteiger charge is 2.16. The van der Waals surface area contributed by atoms with Crippen LogP contribution in [0, 0.1) is 0 Å². The number of rotatable bonds is 2. The van der Waals surface area contributed by atoms with Gasteiger partial charge in [-0.15, -0.1) is 0 Å². The largest absolute Gasteiger partial charge is 0.374 e. The lowest BCUT2D eigenvalue weighted by atomic mass is 10.3. The van der Waals surface area contributed by atoms with E-state index in [0.29, 0.717) is 19.7 Å². The first-order valence-corrected chi connectivity index (χ1v) is 5.36. The van der Waals surface area contributed by atoms with E-state index in [4.69, 9.17) is 16.3 Å². The summed E-state index contributed by atoms with van der Waals surface area (Å²) in [7, 11) is 0. The molecule has 2 rings (SSSR count). The highest BCUT2D eigenvalue weighted by molar-refractivity contribution is 6.29. The molecule has 0 radical (unpaired) electrons. The van der Waals surface area contributed by atoms with E-state index < -0.39 is 11.2 Å². The van der Waals surface area contributed by atoms with Crippen molar-refractivity contribution in [2.75, 3.05) is 19.7 Å². The fraction of sp³-hybridized carbons (Fsp3) is 0.556. The zero-order chi connectivity index (χ0) is 11.5. The second kappa shape index (κ2) is 4.82. The lowest BCUT2D eigenvalue weighted by molar-refractivity contribution is 0.0174. The zero-order valence-corrected chi connectivity index (χ0v) is 9.29. The van der Waals surface area contributed by atoms with Crippen molar-refractivity contribution in [3.63, 3.8) is 0 Å². The van der Waals surface area contributed by atoms with Gasteiger partial charge in [-0.05, 0) is 0 Å². The van der Waals surface area contributed by atoms with E-state index in [0.717, 1.165) is 6.54 Å². The van der Waals surface area contributed by atoms with Crippen molar-refractivity contribution < 1.29 is 4.74 Å². The number of halogens is 1. The van der Waals surface area contributed by atoms with E-state index in [1.807, 2.05) is 0 Å². The van der Waals surface area contributed by atoms with Gasteiger partial charge in [0, 0.05) is 19.2 Å². The molecular weight excluding hydrogens is 234 g/mol. The number of nitrogens with zero attached hydrogens (tertiary/aromatic N) is 1. The van der Waals surface area contributed by atoms with Crippen molar-refractivity contribution in [2.24, 2.45) is 0 Å². The molecule has 1 aromatic heterocycles. The highest BCUT2D eigenvalue weighted by Crippen LogP contribution is 2.05. The van der Waals surface area contributed by atoms with Crippen LogP contribution in [0.25, 0.3) is 0 Å². The molecule has 1 aliphatic heterocycles. The Morgan fingerprint density at radius 2 is 2.38 bits per heavy atom. The molecule has 0 unspecified atom stereocenters. The first-order valence-electron chi connectivity index (χ1n) is 4.99. The van der Waals surface area contributed by atoms with E-state index in [2.05, 4.69) is 10.3 Å². The maximum Gasteiger partial charge on any atom is 0.329 e. The normalized spacial score (nSPS) is 20.9. The van der Waals surface area contributed by atoms with E-state index in [-0.39, 0.29) is 11.3 Å². The lowest BCUT2D eigenvalue weighted by Gasteiger charge is -2.24. The number of hydrogen-bond donors (Lipinski definition) is 2. The number of nitrogens with one attached hydrogen (secondary N) is 2. The van der Waals surface area contributed by atoms with Crippen molar-refractivity contribution in [3.8, 4) is 0 Å². The van der Waals surface area contributed by atoms with Gasteiger partial charge < -0.3 is 10.1 Å². The van der Waals surface area contributed by atoms with Crippen LogP contribution < -0.4 is 16.6 Å². The molecule has 1 aliphatic rings. The van der Waals surface area contributed by atoms with E-state index in [1.54, 1.807) is 0 Å². The van der Waals surface area contributed by atoms with Crippen LogP contribution in [-0.2, 0) is 11.3 Å². The van der Waals surface area contributed by atoms with Crippen LogP contribution in [0.2, 0.25) is 5.15 Å². The van der Waals surface area contributed by atoms with Gasteiger partial charge in [-0.2, -0.15) is 0 Å². The first-order chi connectivity index (χ1) is 7.66. The Morgan fingerprint density at radius 1 is 1.56 bits per heavy atom. The predicted molar refractivity (Wildman–Crippen MR) is 58.9 cm³/mol. The van der Waals surface area contributed by atoms with Gasteiger partial charge in [0.15, 0.2) is 0 Å². The first kappa shape index (κ1) is 11.4. The van der Waals surface area contributed by atoms with Gasteiger partial charge in [0.1, 0.15) is 5.15 Å². The monoisotopic (exact) mass is 245 g/mol. The molecule has 88 valence electrons. The molecule has 0 saturated carbocycles. The molecule has 6 nitrogen and oxygen atoms in total. The molecule has 0 spiro atoms. The Balaban J connectivity index is 2.20. The number of H-pyrrole nitrogens is 1. The minimum atomic E-state index is -0.508. The summed E-state index contributed by atoms with van der Waals surface area (Å²) in [6, 6.07) is 1.18. The molecule has 0 amide bonds. The molecule has 7 heteroatoms. The van der Waals surface area contributed by atoms with Crippen LogP contribution in [0.15, 0.2) is 15.7 Å². The summed E-state index contributed by atoms with van der Waals surface area (Å²) in [5.41, 5.74) is -0.999. The smallest absolute Gasteiger partial charge is 0.329 e. The summed E-state index contributed by atoms with van der Waals surface area (Å²) < 4.78 is 6.74. The van der Waals surface area contributed by atoms with Gasteiger partial charge in [-0.25, -0.2) is 4.79 Å². The Bertz CT molecular complexity index is 476. The lowest BCUT2D eigenvalue weighted by Crippen LogP contribution is -2.43. The minimum absolute atomic E-state index is 0.102. The van der Waals surface area contributed by atoms with Crippen molar-refractivity contribution in [1.82, 2.24) is 14.9 Å². The van der Waals surface area contributed by atoms with Crippen molar-refractivity contribution in [2.45, 2.75) is 12.6 Å². The van der Waals surface area contributed by atoms with Gasteiger partial charge in [-0.3, -0.25) is 14.3 Å². The van der Waals surface area contributed by atoms with Gasteiger partial charge >= 0.3 is 5.69 Å². The average Bonchev–Trinajstić information content (AvgIpc) is 2.25. The molecule has 0 aromatic carbocycles. The highest BCUT2D eigenvalue weighted by atomic mass is 35.5. The van der Waals surface area contributed by atoms with Crippen LogP contribution in [0.4, 0.5) is 0 Å². The Kier molecular flexibility index (Phi) is 3.42. The van der Waals surface area contributed by atoms with E-state index in [9.17, 15) is 9.59 Å². The Morgan fingerprint density at radius 3 is 3.00 bits per heavy atom. The Hall–Kier alpha value is -1.11. The molecular formula is C9H12ClN3O3. The summed E-state index contributed by atoms with van der Waals surface area (Å²) in [6.45, 7) is 2.43. The van der Waals surface area contributed by atoms with Crippen LogP contribution in [0.1, 0.15) is 0 Å². The maximum absolute atomic E-state index is 11.5. The van der Waals surface area contributed by atoms with Crippen molar-refractivity contribution in [1.29, 1.82) is 0 Å². The summed E-state index contributed by atoms with van der Waals surface area (Å²) >= 11 is 5.82. The second-order valence-electron chi connectivity index (χ2n) is 3.57. The van der Waals surface area contributed by atoms with E-state index >= 15 is 0 Å². The minimum Gasteiger partial charge on any atom is -0.374 e. The molecule has 0 aliphatic carbocycles. The third-order valence-corrected chi connectivity index (χ3v) is 2.69. The quantitative estimate of drug-likeness (QED) is 0.668. The third kappa shape index (κ3) is 2.52. The molecule has 2 heterocycles. The predicted octanol–water partition coefficient (Wildman–Crippen LogP) is -0.822. The number of morpholine rings is 1. The van der Waals surface area contributed by atoms with Gasteiger partial charge in [0.2, 0.25) is 0 Å². The second-order valence-corrected chi connectivity index (χ2v) is 3.96. The summed E-state index contributed by atoms with van der Waals surface area (Å²) in [6.07, 6.45) is -0.102. The number of hydrogen-bond acceptors (Lipinski definition) is 4. The molecule has 2 N–H and O–H groups in total. The van der Waals surface area contributed by atoms with Crippen molar-refractivity contribution >= 4 is 11.6 Å². The number of aromatic nitrogens is 2. The topological polar surface area (TPSA) is 76.1 Å². The van der Waals surface area contributed by atoms with Crippen LogP contribution in [0.5, 0.6) is 0 Å². The number of aromatic amines is 1.